The molecule has 0 aliphatic rings. The largest absolute Gasteiger partial charge is 0.369 e. The molecule has 1 radical (unpaired) electrons. The number of carbonyl (C=O) groups excluding carboxylic acids is 1. The zero-order valence-corrected chi connectivity index (χ0v) is 16.6. The normalized spacial score (nSPS) is 10.9. The molecule has 27 heavy (non-hydrogen) atoms. The van der Waals surface area contributed by atoms with Gasteiger partial charge in [0.2, 0.25) is 6.29 Å². The van der Waals surface area contributed by atoms with Gasteiger partial charge in [0.05, 0.1) is 6.61 Å². The van der Waals surface area contributed by atoms with Crippen LogP contribution in [0.1, 0.15) is 23.9 Å². The fourth-order valence-corrected chi connectivity index (χ4v) is 3.19. The maximum atomic E-state index is 14.4. The van der Waals surface area contributed by atoms with Crippen LogP contribution < -0.4 is 5.69 Å². The maximum Gasteiger partial charge on any atom is 0.350 e. The summed E-state index contributed by atoms with van der Waals surface area (Å²) in [5.74, 6) is -0.313. The van der Waals surface area contributed by atoms with E-state index in [1.807, 2.05) is 52.9 Å². The molecule has 0 unspecified atom stereocenters. The number of halogens is 2. The maximum absolute atomic E-state index is 14.4. The number of benzene rings is 2. The van der Waals surface area contributed by atoms with Crippen molar-refractivity contribution in [3.05, 3.63) is 79.3 Å². The zero-order chi connectivity index (χ0) is 19.4. The minimum absolute atomic E-state index is 0.0140. The first-order valence-electron chi connectivity index (χ1n) is 8.23. The molecular formula is C19H16FIN3O3. The van der Waals surface area contributed by atoms with Gasteiger partial charge in [0.25, 0.3) is 0 Å². The number of ether oxygens (including phenoxy) is 1. The first-order chi connectivity index (χ1) is 13.0. The van der Waals surface area contributed by atoms with Crippen LogP contribution in [0.3, 0.4) is 0 Å². The van der Waals surface area contributed by atoms with Crippen LogP contribution in [0.25, 0.3) is 5.69 Å². The topological polar surface area (TPSA) is 66.1 Å². The predicted molar refractivity (Wildman–Crippen MR) is 106 cm³/mol. The molecule has 1 aromatic heterocycles. The fourth-order valence-electron chi connectivity index (χ4n) is 2.63. The second kappa shape index (κ2) is 8.57. The number of aromatic nitrogens is 3. The molecule has 139 valence electrons. The van der Waals surface area contributed by atoms with E-state index in [9.17, 15) is 14.0 Å². The molecule has 0 saturated carbocycles. The molecule has 2 aromatic carbocycles. The van der Waals surface area contributed by atoms with E-state index in [-0.39, 0.29) is 17.9 Å². The lowest BCUT2D eigenvalue weighted by Crippen LogP contribution is -2.24. The average Bonchev–Trinajstić information content (AvgIpc) is 2.99. The Labute approximate surface area is 168 Å². The van der Waals surface area contributed by atoms with Crippen molar-refractivity contribution < 1.29 is 13.9 Å². The lowest BCUT2D eigenvalue weighted by Gasteiger charge is -2.04. The van der Waals surface area contributed by atoms with Gasteiger partial charge in [0.1, 0.15) is 18.1 Å². The lowest BCUT2D eigenvalue weighted by atomic mass is 10.2. The van der Waals surface area contributed by atoms with Gasteiger partial charge in [0, 0.05) is 15.7 Å². The van der Waals surface area contributed by atoms with Gasteiger partial charge in [-0.15, -0.1) is 5.10 Å². The molecule has 8 heteroatoms. The lowest BCUT2D eigenvalue weighted by molar-refractivity contribution is 0.0989. The summed E-state index contributed by atoms with van der Waals surface area (Å²) in [7, 11) is 0. The van der Waals surface area contributed by atoms with E-state index in [0.717, 1.165) is 16.3 Å². The van der Waals surface area contributed by atoms with E-state index in [4.69, 9.17) is 4.74 Å². The third-order valence-electron chi connectivity index (χ3n) is 3.97. The fraction of sp³-hybridized carbons (Fsp3) is 0.211. The Balaban J connectivity index is 1.89. The minimum Gasteiger partial charge on any atom is -0.369 e. The highest BCUT2D eigenvalue weighted by atomic mass is 127. The molecule has 1 heterocycles. The van der Waals surface area contributed by atoms with Crippen molar-refractivity contribution in [2.45, 2.75) is 26.7 Å². The van der Waals surface area contributed by atoms with Gasteiger partial charge < -0.3 is 4.74 Å². The summed E-state index contributed by atoms with van der Waals surface area (Å²) in [6.45, 7) is 2.67. The van der Waals surface area contributed by atoms with Gasteiger partial charge in [-0.2, -0.15) is 4.68 Å². The minimum atomic E-state index is -0.714. The SMILES string of the molecule is CCn1c(COCc2ccccc2)nn(-c2cc(I)c([C]=O)cc2F)c1=O. The molecule has 0 bridgehead atoms. The van der Waals surface area contributed by atoms with E-state index >= 15 is 0 Å². The van der Waals surface area contributed by atoms with Crippen LogP contribution in [0.5, 0.6) is 0 Å². The van der Waals surface area contributed by atoms with Crippen LogP contribution in [0.4, 0.5) is 4.39 Å². The third-order valence-corrected chi connectivity index (χ3v) is 4.87. The summed E-state index contributed by atoms with van der Waals surface area (Å²) < 4.78 is 22.9. The van der Waals surface area contributed by atoms with Crippen molar-refractivity contribution in [1.29, 1.82) is 0 Å². The summed E-state index contributed by atoms with van der Waals surface area (Å²) in [4.78, 5) is 23.5. The van der Waals surface area contributed by atoms with Crippen LogP contribution in [0.15, 0.2) is 47.3 Å². The highest BCUT2D eigenvalue weighted by Gasteiger charge is 2.18. The molecule has 0 atom stereocenters. The number of rotatable bonds is 7. The van der Waals surface area contributed by atoms with Crippen LogP contribution >= 0.6 is 22.6 Å². The molecule has 3 rings (SSSR count). The van der Waals surface area contributed by atoms with Gasteiger partial charge >= 0.3 is 5.69 Å². The number of hydrogen-bond donors (Lipinski definition) is 0. The van der Waals surface area contributed by atoms with Crippen molar-refractivity contribution in [2.75, 3.05) is 0 Å². The quantitative estimate of drug-likeness (QED) is 0.488. The predicted octanol–water partition coefficient (Wildman–Crippen LogP) is 2.97. The third kappa shape index (κ3) is 4.16. The van der Waals surface area contributed by atoms with Crippen LogP contribution in [0.2, 0.25) is 0 Å². The Morgan fingerprint density at radius 1 is 1.22 bits per heavy atom. The molecule has 0 N–H and O–H groups in total. The molecule has 0 aliphatic carbocycles. The number of hydrogen-bond acceptors (Lipinski definition) is 4. The molecule has 0 saturated heterocycles. The van der Waals surface area contributed by atoms with Gasteiger partial charge in [-0.25, -0.2) is 9.18 Å². The van der Waals surface area contributed by atoms with Crippen molar-refractivity contribution in [3.63, 3.8) is 0 Å². The van der Waals surface area contributed by atoms with E-state index in [2.05, 4.69) is 5.10 Å². The molecule has 0 spiro atoms. The molecule has 0 amide bonds. The Hall–Kier alpha value is -2.33. The van der Waals surface area contributed by atoms with Crippen molar-refractivity contribution in [1.82, 2.24) is 14.3 Å². The first kappa shape index (κ1) is 19.4. The standard InChI is InChI=1S/C19H16FIN3O3/c1-2-23-18(12-27-11-13-6-4-3-5-7-13)22-24(19(23)26)17-9-16(21)14(10-25)8-15(17)20/h3-9H,2,11-12H2,1H3. The molecular weight excluding hydrogens is 464 g/mol. The van der Waals surface area contributed by atoms with Crippen molar-refractivity contribution >= 4 is 28.9 Å². The summed E-state index contributed by atoms with van der Waals surface area (Å²) in [6, 6.07) is 12.1. The van der Waals surface area contributed by atoms with E-state index in [1.165, 1.54) is 10.6 Å². The Morgan fingerprint density at radius 3 is 2.63 bits per heavy atom. The van der Waals surface area contributed by atoms with Gasteiger partial charge in [-0.3, -0.25) is 9.36 Å². The van der Waals surface area contributed by atoms with E-state index in [1.54, 1.807) is 13.2 Å². The summed E-state index contributed by atoms with van der Waals surface area (Å²) in [5.41, 5.74) is 0.628. The summed E-state index contributed by atoms with van der Waals surface area (Å²) >= 11 is 1.89. The highest BCUT2D eigenvalue weighted by molar-refractivity contribution is 14.1. The van der Waals surface area contributed by atoms with E-state index in [0.29, 0.717) is 22.5 Å². The smallest absolute Gasteiger partial charge is 0.350 e. The second-order valence-corrected chi connectivity index (χ2v) is 6.88. The molecule has 3 aromatic rings. The van der Waals surface area contributed by atoms with Crippen molar-refractivity contribution in [3.8, 4) is 5.69 Å². The monoisotopic (exact) mass is 480 g/mol. The summed E-state index contributed by atoms with van der Waals surface area (Å²) in [5, 5.41) is 4.24. The first-order valence-corrected chi connectivity index (χ1v) is 9.31. The van der Waals surface area contributed by atoms with Crippen molar-refractivity contribution in [2.24, 2.45) is 0 Å². The van der Waals surface area contributed by atoms with Gasteiger partial charge in [-0.05, 0) is 47.2 Å². The van der Waals surface area contributed by atoms with Crippen LogP contribution in [-0.2, 0) is 29.3 Å². The van der Waals surface area contributed by atoms with Gasteiger partial charge in [0.15, 0.2) is 5.82 Å². The van der Waals surface area contributed by atoms with E-state index < -0.39 is 11.5 Å². The Kier molecular flexibility index (Phi) is 6.17. The average molecular weight is 480 g/mol. The number of nitrogens with zero attached hydrogens (tertiary/aromatic N) is 3. The Morgan fingerprint density at radius 2 is 1.96 bits per heavy atom. The van der Waals surface area contributed by atoms with Gasteiger partial charge in [-0.1, -0.05) is 30.3 Å². The highest BCUT2D eigenvalue weighted by Crippen LogP contribution is 2.19. The van der Waals surface area contributed by atoms with Crippen LogP contribution in [0, 0.1) is 9.39 Å². The van der Waals surface area contributed by atoms with Crippen LogP contribution in [-0.4, -0.2) is 20.6 Å². The second-order valence-electron chi connectivity index (χ2n) is 5.72. The molecule has 0 fully saturated rings. The summed E-state index contributed by atoms with van der Waals surface area (Å²) in [6.07, 6.45) is 1.67. The Bertz CT molecular complexity index is 1020. The zero-order valence-electron chi connectivity index (χ0n) is 14.5. The molecule has 0 aliphatic heterocycles. The molecule has 6 nitrogen and oxygen atoms in total.